The van der Waals surface area contributed by atoms with Gasteiger partial charge in [-0.05, 0) is 55.3 Å². The van der Waals surface area contributed by atoms with Crippen molar-refractivity contribution in [2.24, 2.45) is 0 Å². The van der Waals surface area contributed by atoms with Crippen LogP contribution >= 0.6 is 0 Å². The Morgan fingerprint density at radius 2 is 2.07 bits per heavy atom. The Hall–Kier alpha value is -3.07. The van der Waals surface area contributed by atoms with E-state index in [4.69, 9.17) is 4.74 Å². The Labute approximate surface area is 170 Å². The highest BCUT2D eigenvalue weighted by Crippen LogP contribution is 2.33. The number of fused-ring (bicyclic) bond motifs is 1. The Morgan fingerprint density at radius 3 is 2.83 bits per heavy atom. The van der Waals surface area contributed by atoms with Gasteiger partial charge in [0.15, 0.2) is 0 Å². The first-order valence-corrected chi connectivity index (χ1v) is 9.71. The van der Waals surface area contributed by atoms with E-state index in [0.717, 1.165) is 42.4 Å². The molecule has 2 atom stereocenters. The number of rotatable bonds is 4. The van der Waals surface area contributed by atoms with Crippen LogP contribution in [0, 0.1) is 0 Å². The fourth-order valence-corrected chi connectivity index (χ4v) is 3.69. The van der Waals surface area contributed by atoms with Gasteiger partial charge in [-0.3, -0.25) is 10.4 Å². The van der Waals surface area contributed by atoms with Gasteiger partial charge in [0.25, 0.3) is 0 Å². The number of ether oxygens (including phenoxy) is 1. The van der Waals surface area contributed by atoms with E-state index in [-0.39, 0.29) is 6.04 Å². The summed E-state index contributed by atoms with van der Waals surface area (Å²) in [6, 6.07) is 9.89. The first kappa shape index (κ1) is 20.2. The SMILES string of the molecule is O=C(Nc1ccc2[nH]ncc2c1)O[C@@H](c1cccc(C(F)(F)F)c1)[C@@H]1CCCCN1. The highest BCUT2D eigenvalue weighted by atomic mass is 19.4. The number of hydrogen-bond donors (Lipinski definition) is 3. The van der Waals surface area contributed by atoms with Crippen molar-refractivity contribution in [3.05, 3.63) is 59.8 Å². The molecule has 2 heterocycles. The summed E-state index contributed by atoms with van der Waals surface area (Å²) in [6.07, 6.45) is -1.82. The molecule has 1 fully saturated rings. The Morgan fingerprint density at radius 1 is 1.20 bits per heavy atom. The van der Waals surface area contributed by atoms with Crippen LogP contribution in [0.3, 0.4) is 0 Å². The number of amides is 1. The lowest BCUT2D eigenvalue weighted by molar-refractivity contribution is -0.137. The van der Waals surface area contributed by atoms with E-state index in [1.54, 1.807) is 30.5 Å². The Balaban J connectivity index is 1.55. The molecule has 0 bridgehead atoms. The topological polar surface area (TPSA) is 79.0 Å². The molecule has 2 aromatic carbocycles. The smallest absolute Gasteiger partial charge is 0.416 e. The van der Waals surface area contributed by atoms with Gasteiger partial charge in [-0.1, -0.05) is 18.6 Å². The molecule has 1 saturated heterocycles. The van der Waals surface area contributed by atoms with Crippen LogP contribution in [0.2, 0.25) is 0 Å². The number of nitrogens with zero attached hydrogens (tertiary/aromatic N) is 1. The first-order valence-electron chi connectivity index (χ1n) is 9.71. The molecule has 30 heavy (non-hydrogen) atoms. The fraction of sp³-hybridized carbons (Fsp3) is 0.333. The van der Waals surface area contributed by atoms with Gasteiger partial charge in [0.1, 0.15) is 6.10 Å². The lowest BCUT2D eigenvalue weighted by Crippen LogP contribution is -2.41. The maximum Gasteiger partial charge on any atom is 0.416 e. The molecule has 1 amide bonds. The predicted molar refractivity (Wildman–Crippen MR) is 106 cm³/mol. The van der Waals surface area contributed by atoms with E-state index in [1.165, 1.54) is 6.07 Å². The standard InChI is InChI=1S/C21H21F3N4O2/c22-21(23,24)15-5-3-4-13(10-15)19(18-6-1-2-9-25-18)30-20(29)27-16-7-8-17-14(11-16)12-26-28-17/h3-5,7-8,10-12,18-19,25H,1-2,6,9H2,(H,26,28)(H,27,29)/t18-,19-/m0/s1. The normalized spacial score (nSPS) is 18.2. The summed E-state index contributed by atoms with van der Waals surface area (Å²) in [5.74, 6) is 0. The van der Waals surface area contributed by atoms with Crippen molar-refractivity contribution in [3.8, 4) is 0 Å². The van der Waals surface area contributed by atoms with Crippen molar-refractivity contribution in [1.29, 1.82) is 0 Å². The number of carbonyl (C=O) groups excluding carboxylic acids is 1. The van der Waals surface area contributed by atoms with E-state index in [9.17, 15) is 18.0 Å². The molecule has 3 N–H and O–H groups in total. The average Bonchev–Trinajstić information content (AvgIpc) is 3.20. The van der Waals surface area contributed by atoms with E-state index in [1.807, 2.05) is 0 Å². The van der Waals surface area contributed by atoms with E-state index >= 15 is 0 Å². The largest absolute Gasteiger partial charge is 0.439 e. The number of piperidine rings is 1. The van der Waals surface area contributed by atoms with Crippen LogP contribution in [0.15, 0.2) is 48.7 Å². The van der Waals surface area contributed by atoms with E-state index in [2.05, 4.69) is 20.8 Å². The van der Waals surface area contributed by atoms with Gasteiger partial charge in [0.2, 0.25) is 0 Å². The number of H-pyrrole nitrogens is 1. The fourth-order valence-electron chi connectivity index (χ4n) is 3.69. The van der Waals surface area contributed by atoms with Crippen LogP contribution in [0.4, 0.5) is 23.7 Å². The molecule has 9 heteroatoms. The quantitative estimate of drug-likeness (QED) is 0.556. The molecule has 0 aliphatic carbocycles. The molecule has 3 aromatic rings. The van der Waals surface area contributed by atoms with E-state index < -0.39 is 23.9 Å². The van der Waals surface area contributed by atoms with Gasteiger partial charge in [-0.25, -0.2) is 4.79 Å². The van der Waals surface area contributed by atoms with Crippen LogP contribution < -0.4 is 10.6 Å². The lowest BCUT2D eigenvalue weighted by atomic mass is 9.93. The molecule has 4 rings (SSSR count). The van der Waals surface area contributed by atoms with Crippen molar-refractivity contribution >= 4 is 22.7 Å². The molecule has 0 unspecified atom stereocenters. The summed E-state index contributed by atoms with van der Waals surface area (Å²) < 4.78 is 45.2. The van der Waals surface area contributed by atoms with Gasteiger partial charge < -0.3 is 10.1 Å². The van der Waals surface area contributed by atoms with E-state index in [0.29, 0.717) is 17.7 Å². The highest BCUT2D eigenvalue weighted by molar-refractivity contribution is 5.89. The molecule has 1 aromatic heterocycles. The Kier molecular flexibility index (Phi) is 5.63. The molecule has 0 saturated carbocycles. The molecule has 1 aliphatic heterocycles. The maximum atomic E-state index is 13.2. The van der Waals surface area contributed by atoms with Crippen molar-refractivity contribution in [3.63, 3.8) is 0 Å². The minimum absolute atomic E-state index is 0.260. The van der Waals surface area contributed by atoms with Gasteiger partial charge in [0.05, 0.1) is 17.3 Å². The zero-order valence-corrected chi connectivity index (χ0v) is 16.0. The van der Waals surface area contributed by atoms with Gasteiger partial charge in [0, 0.05) is 17.1 Å². The molecule has 6 nitrogen and oxygen atoms in total. The molecular formula is C21H21F3N4O2. The van der Waals surface area contributed by atoms with Crippen LogP contribution in [-0.2, 0) is 10.9 Å². The summed E-state index contributed by atoms with van der Waals surface area (Å²) in [5, 5.41) is 13.5. The number of aromatic amines is 1. The minimum Gasteiger partial charge on any atom is -0.439 e. The van der Waals surface area contributed by atoms with Crippen molar-refractivity contribution < 1.29 is 22.7 Å². The number of anilines is 1. The maximum absolute atomic E-state index is 13.2. The minimum atomic E-state index is -4.47. The summed E-state index contributed by atoms with van der Waals surface area (Å²) in [5.41, 5.74) is 0.871. The van der Waals surface area contributed by atoms with Gasteiger partial charge in [-0.15, -0.1) is 0 Å². The van der Waals surface area contributed by atoms with Crippen molar-refractivity contribution in [2.75, 3.05) is 11.9 Å². The van der Waals surface area contributed by atoms with Crippen molar-refractivity contribution in [1.82, 2.24) is 15.5 Å². The molecule has 158 valence electrons. The third-order valence-corrected chi connectivity index (χ3v) is 5.18. The zero-order chi connectivity index (χ0) is 21.1. The third kappa shape index (κ3) is 4.56. The number of halogens is 3. The second-order valence-corrected chi connectivity index (χ2v) is 7.30. The first-order chi connectivity index (χ1) is 14.4. The number of aromatic nitrogens is 2. The zero-order valence-electron chi connectivity index (χ0n) is 16.0. The van der Waals surface area contributed by atoms with Crippen LogP contribution in [0.1, 0.15) is 36.5 Å². The van der Waals surface area contributed by atoms with Gasteiger partial charge in [-0.2, -0.15) is 18.3 Å². The van der Waals surface area contributed by atoms with Crippen LogP contribution in [-0.4, -0.2) is 28.9 Å². The predicted octanol–water partition coefficient (Wildman–Crippen LogP) is 5.01. The summed E-state index contributed by atoms with van der Waals surface area (Å²) in [7, 11) is 0. The summed E-state index contributed by atoms with van der Waals surface area (Å²) >= 11 is 0. The summed E-state index contributed by atoms with van der Waals surface area (Å²) in [4.78, 5) is 12.6. The highest BCUT2D eigenvalue weighted by Gasteiger charge is 2.33. The molecule has 0 spiro atoms. The number of benzene rings is 2. The number of hydrogen-bond acceptors (Lipinski definition) is 4. The number of carbonyl (C=O) groups is 1. The lowest BCUT2D eigenvalue weighted by Gasteiger charge is -2.31. The molecular weight excluding hydrogens is 397 g/mol. The molecule has 0 radical (unpaired) electrons. The molecule has 1 aliphatic rings. The van der Waals surface area contributed by atoms with Crippen molar-refractivity contribution in [2.45, 2.75) is 37.6 Å². The second-order valence-electron chi connectivity index (χ2n) is 7.30. The van der Waals surface area contributed by atoms with Crippen LogP contribution in [0.25, 0.3) is 10.9 Å². The Bertz CT molecular complexity index is 1030. The van der Waals surface area contributed by atoms with Crippen LogP contribution in [0.5, 0.6) is 0 Å². The van der Waals surface area contributed by atoms with Gasteiger partial charge >= 0.3 is 12.3 Å². The number of nitrogens with one attached hydrogen (secondary N) is 3. The monoisotopic (exact) mass is 418 g/mol. The third-order valence-electron chi connectivity index (χ3n) is 5.18. The number of alkyl halides is 3. The second kappa shape index (κ2) is 8.35. The average molecular weight is 418 g/mol. The summed E-state index contributed by atoms with van der Waals surface area (Å²) in [6.45, 7) is 0.724.